The molecule has 0 spiro atoms. The van der Waals surface area contributed by atoms with Gasteiger partial charge in [0, 0.05) is 12.6 Å². The van der Waals surface area contributed by atoms with E-state index < -0.39 is 0 Å². The smallest absolute Gasteiger partial charge is 0.233 e. The third kappa shape index (κ3) is 3.79. The number of imide groups is 1. The monoisotopic (exact) mass is 360 g/mol. The Morgan fingerprint density at radius 3 is 2.38 bits per heavy atom. The van der Waals surface area contributed by atoms with E-state index in [2.05, 4.69) is 43.2 Å². The highest BCUT2D eigenvalue weighted by Crippen LogP contribution is 2.52. The summed E-state index contributed by atoms with van der Waals surface area (Å²) >= 11 is 0. The fourth-order valence-corrected chi connectivity index (χ4v) is 4.66. The van der Waals surface area contributed by atoms with E-state index in [9.17, 15) is 9.59 Å². The summed E-state index contributed by atoms with van der Waals surface area (Å²) in [5.74, 6) is 1.34. The number of guanidine groups is 1. The molecule has 6 nitrogen and oxygen atoms in total. The first-order valence-corrected chi connectivity index (χ1v) is 9.98. The van der Waals surface area contributed by atoms with Crippen molar-refractivity contribution in [1.29, 1.82) is 0 Å². The Labute approximate surface area is 156 Å². The van der Waals surface area contributed by atoms with Crippen molar-refractivity contribution in [1.82, 2.24) is 10.2 Å². The molecule has 1 saturated heterocycles. The molecule has 26 heavy (non-hydrogen) atoms. The molecule has 3 rings (SSSR count). The predicted octanol–water partition coefficient (Wildman–Crippen LogP) is 1.91. The van der Waals surface area contributed by atoms with Crippen LogP contribution >= 0.6 is 0 Å². The molecular formula is C20H32N4O2. The van der Waals surface area contributed by atoms with Gasteiger partial charge in [-0.3, -0.25) is 19.5 Å². The van der Waals surface area contributed by atoms with Gasteiger partial charge in [0.25, 0.3) is 0 Å². The van der Waals surface area contributed by atoms with Crippen molar-refractivity contribution in [3.05, 3.63) is 12.2 Å². The summed E-state index contributed by atoms with van der Waals surface area (Å²) in [7, 11) is 0. The Hall–Kier alpha value is -1.85. The predicted molar refractivity (Wildman–Crippen MR) is 102 cm³/mol. The number of amides is 2. The highest BCUT2D eigenvalue weighted by molar-refractivity contribution is 6.06. The fourth-order valence-electron chi connectivity index (χ4n) is 4.66. The minimum absolute atomic E-state index is 0.0133. The van der Waals surface area contributed by atoms with Crippen LogP contribution in [0.2, 0.25) is 0 Å². The summed E-state index contributed by atoms with van der Waals surface area (Å²) < 4.78 is 0. The summed E-state index contributed by atoms with van der Waals surface area (Å²) in [4.78, 5) is 30.9. The number of nitrogens with two attached hydrogens (primary N) is 1. The third-order valence-electron chi connectivity index (χ3n) is 5.98. The van der Waals surface area contributed by atoms with Crippen LogP contribution in [-0.4, -0.2) is 41.8 Å². The average Bonchev–Trinajstić information content (AvgIpc) is 3.23. The molecule has 0 aromatic rings. The van der Waals surface area contributed by atoms with E-state index in [4.69, 9.17) is 5.73 Å². The lowest BCUT2D eigenvalue weighted by atomic mass is 9.85. The van der Waals surface area contributed by atoms with Crippen molar-refractivity contribution >= 4 is 17.8 Å². The summed E-state index contributed by atoms with van der Waals surface area (Å²) in [6.07, 6.45) is 8.61. The maximum Gasteiger partial charge on any atom is 0.233 e. The number of nitrogens with one attached hydrogen (secondary N) is 1. The van der Waals surface area contributed by atoms with Crippen LogP contribution in [-0.2, 0) is 9.59 Å². The first kappa shape index (κ1) is 18.9. The number of nitrogens with zero attached hydrogens (tertiary/aromatic N) is 2. The van der Waals surface area contributed by atoms with Crippen molar-refractivity contribution in [2.75, 3.05) is 13.1 Å². The molecule has 1 heterocycles. The zero-order valence-electron chi connectivity index (χ0n) is 16.1. The maximum atomic E-state index is 12.6. The van der Waals surface area contributed by atoms with Gasteiger partial charge in [0.15, 0.2) is 5.96 Å². The number of aliphatic imine (C=N–C) groups is 1. The van der Waals surface area contributed by atoms with Crippen LogP contribution in [0.15, 0.2) is 17.1 Å². The van der Waals surface area contributed by atoms with Crippen molar-refractivity contribution < 1.29 is 9.59 Å². The minimum Gasteiger partial charge on any atom is -0.370 e. The van der Waals surface area contributed by atoms with Gasteiger partial charge in [0.1, 0.15) is 0 Å². The second-order valence-electron chi connectivity index (χ2n) is 8.47. The first-order chi connectivity index (χ1) is 12.4. The Morgan fingerprint density at radius 2 is 1.81 bits per heavy atom. The largest absolute Gasteiger partial charge is 0.370 e. The van der Waals surface area contributed by atoms with E-state index in [-0.39, 0.29) is 41.5 Å². The SMILES string of the molecule is CC(C)CCCC(C)NC(N)=NCCN1C(=O)C2C3C=CC(C3)C2C1=O. The number of rotatable bonds is 8. The molecule has 0 radical (unpaired) electrons. The molecule has 1 aliphatic heterocycles. The van der Waals surface area contributed by atoms with Crippen LogP contribution in [0, 0.1) is 29.6 Å². The van der Waals surface area contributed by atoms with Crippen molar-refractivity contribution in [3.63, 3.8) is 0 Å². The van der Waals surface area contributed by atoms with Crippen LogP contribution < -0.4 is 11.1 Å². The fraction of sp³-hybridized carbons (Fsp3) is 0.750. The number of carbonyl (C=O) groups excluding carboxylic acids is 2. The van der Waals surface area contributed by atoms with Gasteiger partial charge in [-0.25, -0.2) is 0 Å². The molecule has 0 aromatic carbocycles. The summed E-state index contributed by atoms with van der Waals surface area (Å²) in [6, 6.07) is 0.272. The van der Waals surface area contributed by atoms with Crippen molar-refractivity contribution in [2.45, 2.75) is 52.5 Å². The molecule has 2 bridgehead atoms. The molecule has 5 atom stereocenters. The Bertz CT molecular complexity index is 583. The highest BCUT2D eigenvalue weighted by atomic mass is 16.2. The van der Waals surface area contributed by atoms with Crippen LogP contribution in [0.1, 0.15) is 46.5 Å². The van der Waals surface area contributed by atoms with E-state index in [0.717, 1.165) is 19.3 Å². The van der Waals surface area contributed by atoms with E-state index in [1.54, 1.807) is 0 Å². The summed E-state index contributed by atoms with van der Waals surface area (Å²) in [5, 5.41) is 3.19. The number of fused-ring (bicyclic) bond motifs is 5. The van der Waals surface area contributed by atoms with Crippen LogP contribution in [0.3, 0.4) is 0 Å². The van der Waals surface area contributed by atoms with Gasteiger partial charge in [-0.2, -0.15) is 0 Å². The van der Waals surface area contributed by atoms with Gasteiger partial charge >= 0.3 is 0 Å². The lowest BCUT2D eigenvalue weighted by molar-refractivity contribution is -0.140. The molecule has 1 saturated carbocycles. The zero-order valence-corrected chi connectivity index (χ0v) is 16.1. The normalized spacial score (nSPS) is 31.2. The second-order valence-corrected chi connectivity index (χ2v) is 8.47. The van der Waals surface area contributed by atoms with Crippen molar-refractivity contribution in [3.8, 4) is 0 Å². The van der Waals surface area contributed by atoms with Crippen molar-refractivity contribution in [2.24, 2.45) is 40.3 Å². The third-order valence-corrected chi connectivity index (χ3v) is 5.98. The summed E-state index contributed by atoms with van der Waals surface area (Å²) in [6.45, 7) is 7.24. The lowest BCUT2D eigenvalue weighted by Crippen LogP contribution is -2.40. The number of hydrogen-bond donors (Lipinski definition) is 2. The number of carbonyl (C=O) groups is 2. The lowest BCUT2D eigenvalue weighted by Gasteiger charge is -2.17. The first-order valence-electron chi connectivity index (χ1n) is 9.98. The molecule has 6 heteroatoms. The van der Waals surface area contributed by atoms with Crippen LogP contribution in [0.5, 0.6) is 0 Å². The van der Waals surface area contributed by atoms with Gasteiger partial charge in [0.05, 0.1) is 18.4 Å². The molecule has 3 N–H and O–H groups in total. The van der Waals surface area contributed by atoms with E-state index in [1.807, 2.05) is 0 Å². The van der Waals surface area contributed by atoms with Crippen LogP contribution in [0.4, 0.5) is 0 Å². The van der Waals surface area contributed by atoms with Gasteiger partial charge < -0.3 is 11.1 Å². The van der Waals surface area contributed by atoms with Gasteiger partial charge in [-0.05, 0) is 37.5 Å². The quantitative estimate of drug-likeness (QED) is 0.300. The second kappa shape index (κ2) is 7.80. The van der Waals surface area contributed by atoms with Gasteiger partial charge in [-0.15, -0.1) is 0 Å². The minimum atomic E-state index is -0.127. The molecule has 2 aliphatic carbocycles. The Balaban J connectivity index is 1.44. The number of likely N-dealkylation sites (tertiary alicyclic amines) is 1. The standard InChI is InChI=1S/C20H32N4O2/c1-12(2)5-4-6-13(3)23-20(21)22-9-10-24-18(25)16-14-7-8-15(11-14)17(16)19(24)26/h7-8,12-17H,4-6,9-11H2,1-3H3,(H3,21,22,23). The zero-order chi connectivity index (χ0) is 18.8. The molecule has 2 fully saturated rings. The molecule has 0 aromatic heterocycles. The topological polar surface area (TPSA) is 87.8 Å². The van der Waals surface area contributed by atoms with E-state index in [0.29, 0.717) is 25.0 Å². The summed E-state index contributed by atoms with van der Waals surface area (Å²) in [5.41, 5.74) is 5.95. The number of allylic oxidation sites excluding steroid dienone is 2. The molecule has 5 unspecified atom stereocenters. The maximum absolute atomic E-state index is 12.6. The Morgan fingerprint density at radius 1 is 1.19 bits per heavy atom. The molecule has 3 aliphatic rings. The molecule has 144 valence electrons. The highest BCUT2D eigenvalue weighted by Gasteiger charge is 2.58. The van der Waals surface area contributed by atoms with E-state index in [1.165, 1.54) is 11.3 Å². The van der Waals surface area contributed by atoms with E-state index >= 15 is 0 Å². The number of hydrogen-bond acceptors (Lipinski definition) is 3. The Kier molecular flexibility index (Phi) is 5.68. The molecule has 2 amide bonds. The van der Waals surface area contributed by atoms with Gasteiger partial charge in [0.2, 0.25) is 11.8 Å². The average molecular weight is 361 g/mol. The molecular weight excluding hydrogens is 328 g/mol. The van der Waals surface area contributed by atoms with Gasteiger partial charge in [-0.1, -0.05) is 38.8 Å². The van der Waals surface area contributed by atoms with Crippen LogP contribution in [0.25, 0.3) is 0 Å².